The zero-order chi connectivity index (χ0) is 13.8. The van der Waals surface area contributed by atoms with E-state index in [9.17, 15) is 0 Å². The van der Waals surface area contributed by atoms with Gasteiger partial charge >= 0.3 is 0 Å². The van der Waals surface area contributed by atoms with Gasteiger partial charge in [0.15, 0.2) is 0 Å². The van der Waals surface area contributed by atoms with E-state index in [0.717, 1.165) is 16.9 Å². The van der Waals surface area contributed by atoms with Gasteiger partial charge in [-0.1, -0.05) is 41.9 Å². The maximum Gasteiger partial charge on any atom is 0.149 e. The summed E-state index contributed by atoms with van der Waals surface area (Å²) in [4.78, 5) is 4.36. The summed E-state index contributed by atoms with van der Waals surface area (Å²) in [7, 11) is 0. The van der Waals surface area contributed by atoms with E-state index in [4.69, 9.17) is 10.5 Å². The Morgan fingerprint density at radius 1 is 1.26 bits per heavy atom. The van der Waals surface area contributed by atoms with E-state index >= 15 is 0 Å². The van der Waals surface area contributed by atoms with Crippen LogP contribution in [0.4, 0.5) is 17.2 Å². The summed E-state index contributed by atoms with van der Waals surface area (Å²) in [5.74, 6) is 1.25. The molecule has 4 nitrogen and oxygen atoms in total. The summed E-state index contributed by atoms with van der Waals surface area (Å²) < 4.78 is 5.16. The van der Waals surface area contributed by atoms with Crippen molar-refractivity contribution in [1.82, 2.24) is 4.98 Å². The van der Waals surface area contributed by atoms with Crippen LogP contribution < -0.4 is 10.5 Å². The fraction of sp³-hybridized carbons (Fsp3) is 0.133. The molecule has 0 saturated heterocycles. The van der Waals surface area contributed by atoms with Gasteiger partial charge in [-0.3, -0.25) is 0 Å². The Hall–Kier alpha value is -2.49. The normalized spacial score (nSPS) is 10.0. The summed E-state index contributed by atoms with van der Waals surface area (Å²) in [6.45, 7) is 7.46. The minimum atomic E-state index is 0.519. The van der Waals surface area contributed by atoms with Gasteiger partial charge in [0.05, 0.1) is 11.9 Å². The molecule has 4 heteroatoms. The molecule has 2 aromatic rings. The largest absolute Gasteiger partial charge is 0.463 e. The first-order valence-corrected chi connectivity index (χ1v) is 5.92. The van der Waals surface area contributed by atoms with Crippen LogP contribution in [0.5, 0.6) is 5.75 Å². The van der Waals surface area contributed by atoms with Crippen LogP contribution >= 0.6 is 0 Å². The molecule has 0 aliphatic heterocycles. The number of nitrogens with two attached hydrogens (primary N) is 1. The lowest BCUT2D eigenvalue weighted by molar-refractivity contribution is 0.486. The third-order valence-corrected chi connectivity index (χ3v) is 2.53. The molecule has 0 aliphatic rings. The number of hydrogen-bond donors (Lipinski definition) is 1. The van der Waals surface area contributed by atoms with E-state index in [2.05, 4.69) is 16.9 Å². The van der Waals surface area contributed by atoms with Crippen molar-refractivity contribution in [3.8, 4) is 5.75 Å². The Labute approximate surface area is 112 Å². The first-order chi connectivity index (χ1) is 9.08. The highest BCUT2D eigenvalue weighted by Gasteiger charge is 1.99. The summed E-state index contributed by atoms with van der Waals surface area (Å²) in [5.41, 5.74) is 9.20. The van der Waals surface area contributed by atoms with Crippen molar-refractivity contribution in [1.29, 1.82) is 0 Å². The number of hydrogen-bond acceptors (Lipinski definition) is 3. The first-order valence-electron chi connectivity index (χ1n) is 5.92. The zero-order valence-electron chi connectivity index (χ0n) is 11.1. The van der Waals surface area contributed by atoms with Gasteiger partial charge in [-0.25, -0.2) is 0 Å². The molecule has 0 fully saturated rings. The summed E-state index contributed by atoms with van der Waals surface area (Å²) in [5, 5.41) is 4.45. The molecule has 2 rings (SSSR count). The number of anilines is 1. The topological polar surface area (TPSA) is 62.2 Å². The molecular weight excluding hydrogens is 238 g/mol. The van der Waals surface area contributed by atoms with Crippen molar-refractivity contribution in [3.63, 3.8) is 0 Å². The average molecular weight is 254 g/mol. The predicted octanol–water partition coefficient (Wildman–Crippen LogP) is 4.14. The molecule has 2 N–H and O–H groups in total. The number of nitrogens with zero attached hydrogens (tertiary/aromatic N) is 2. The first kappa shape index (κ1) is 13.0. The SMILES string of the molecule is C=COc1ccc([N-]c2cc(C)cc(C)n2)cc1N. The molecule has 0 bridgehead atoms. The minimum absolute atomic E-state index is 0.519. The Morgan fingerprint density at radius 3 is 2.68 bits per heavy atom. The highest BCUT2D eigenvalue weighted by atomic mass is 16.5. The molecule has 0 atom stereocenters. The smallest absolute Gasteiger partial charge is 0.149 e. The standard InChI is InChI=1S/C15H16N3O/c1-4-19-14-6-5-12(9-13(14)16)18-15-8-10(2)7-11(3)17-15/h4-9H,1,16H2,2-3H3/q-1. The maximum absolute atomic E-state index is 5.87. The highest BCUT2D eigenvalue weighted by Crippen LogP contribution is 2.34. The molecule has 1 aromatic carbocycles. The van der Waals surface area contributed by atoms with Crippen molar-refractivity contribution < 1.29 is 4.74 Å². The number of aryl methyl sites for hydroxylation is 2. The van der Waals surface area contributed by atoms with Gasteiger partial charge in [-0.05, 0) is 31.7 Å². The van der Waals surface area contributed by atoms with Crippen LogP contribution in [0.2, 0.25) is 0 Å². The second-order valence-electron chi connectivity index (χ2n) is 4.26. The molecule has 1 heterocycles. The maximum atomic E-state index is 5.87. The second kappa shape index (κ2) is 5.44. The van der Waals surface area contributed by atoms with Crippen LogP contribution in [0.1, 0.15) is 11.3 Å². The molecule has 0 saturated carbocycles. The predicted molar refractivity (Wildman–Crippen MR) is 78.1 cm³/mol. The number of pyridine rings is 1. The molecule has 0 amide bonds. The zero-order valence-corrected chi connectivity index (χ0v) is 11.1. The van der Waals surface area contributed by atoms with E-state index in [1.807, 2.05) is 32.0 Å². The molecule has 0 spiro atoms. The van der Waals surface area contributed by atoms with Crippen molar-refractivity contribution in [2.75, 3.05) is 5.73 Å². The van der Waals surface area contributed by atoms with Gasteiger partial charge in [-0.15, -0.1) is 0 Å². The second-order valence-corrected chi connectivity index (χ2v) is 4.26. The number of nitrogen functional groups attached to an aromatic ring is 1. The number of ether oxygens (including phenoxy) is 1. The van der Waals surface area contributed by atoms with Crippen molar-refractivity contribution >= 4 is 17.2 Å². The minimum Gasteiger partial charge on any atom is -0.463 e. The van der Waals surface area contributed by atoms with Crippen molar-refractivity contribution in [3.05, 3.63) is 59.7 Å². The third-order valence-electron chi connectivity index (χ3n) is 2.53. The summed E-state index contributed by atoms with van der Waals surface area (Å²) in [6.07, 6.45) is 1.34. The van der Waals surface area contributed by atoms with Crippen LogP contribution in [0, 0.1) is 13.8 Å². The molecule has 19 heavy (non-hydrogen) atoms. The lowest BCUT2D eigenvalue weighted by atomic mass is 10.2. The van der Waals surface area contributed by atoms with Gasteiger partial charge in [0, 0.05) is 0 Å². The van der Waals surface area contributed by atoms with Gasteiger partial charge in [0.25, 0.3) is 0 Å². The van der Waals surface area contributed by atoms with Gasteiger partial charge in [0.1, 0.15) is 5.75 Å². The van der Waals surface area contributed by atoms with E-state index in [-0.39, 0.29) is 0 Å². The number of rotatable bonds is 4. The highest BCUT2D eigenvalue weighted by molar-refractivity contribution is 5.70. The van der Waals surface area contributed by atoms with E-state index in [1.54, 1.807) is 12.1 Å². The molecule has 98 valence electrons. The lowest BCUT2D eigenvalue weighted by Crippen LogP contribution is -1.90. The molecule has 1 aromatic heterocycles. The average Bonchev–Trinajstić information content (AvgIpc) is 2.31. The quantitative estimate of drug-likeness (QED) is 0.658. The van der Waals surface area contributed by atoms with Crippen molar-refractivity contribution in [2.45, 2.75) is 13.8 Å². The third kappa shape index (κ3) is 3.25. The van der Waals surface area contributed by atoms with E-state index in [0.29, 0.717) is 17.3 Å². The van der Waals surface area contributed by atoms with E-state index in [1.165, 1.54) is 6.26 Å². The van der Waals surface area contributed by atoms with Crippen LogP contribution in [0.25, 0.3) is 5.32 Å². The number of benzene rings is 1. The van der Waals surface area contributed by atoms with E-state index < -0.39 is 0 Å². The summed E-state index contributed by atoms with van der Waals surface area (Å²) >= 11 is 0. The number of aromatic nitrogens is 1. The molecule has 0 unspecified atom stereocenters. The fourth-order valence-corrected chi connectivity index (χ4v) is 1.81. The van der Waals surface area contributed by atoms with Crippen LogP contribution in [-0.4, -0.2) is 4.98 Å². The van der Waals surface area contributed by atoms with Gasteiger partial charge < -0.3 is 20.8 Å². The molecule has 0 aliphatic carbocycles. The Kier molecular flexibility index (Phi) is 3.71. The van der Waals surface area contributed by atoms with Crippen LogP contribution in [-0.2, 0) is 0 Å². The summed E-state index contributed by atoms with van der Waals surface area (Å²) in [6, 6.07) is 9.27. The van der Waals surface area contributed by atoms with Crippen LogP contribution in [0.15, 0.2) is 43.2 Å². The van der Waals surface area contributed by atoms with Gasteiger partial charge in [-0.2, -0.15) is 0 Å². The molecule has 0 radical (unpaired) electrons. The Bertz CT molecular complexity index is 588. The Balaban J connectivity index is 2.23. The Morgan fingerprint density at radius 2 is 2.05 bits per heavy atom. The van der Waals surface area contributed by atoms with Crippen molar-refractivity contribution in [2.24, 2.45) is 0 Å². The monoisotopic (exact) mass is 254 g/mol. The fourth-order valence-electron chi connectivity index (χ4n) is 1.81. The molecular formula is C15H16N3O-. The van der Waals surface area contributed by atoms with Crippen LogP contribution in [0.3, 0.4) is 0 Å². The van der Waals surface area contributed by atoms with Gasteiger partial charge in [0.2, 0.25) is 0 Å². The lowest BCUT2D eigenvalue weighted by Gasteiger charge is -2.18.